The van der Waals surface area contributed by atoms with E-state index in [-0.39, 0.29) is 12.2 Å². The number of benzene rings is 1. The number of nitrogens with one attached hydrogen (secondary N) is 1. The fraction of sp³-hybridized carbons (Fsp3) is 0.333. The monoisotopic (exact) mass is 394 g/mol. The average Bonchev–Trinajstić information content (AvgIpc) is 3.18. The highest BCUT2D eigenvalue weighted by Crippen LogP contribution is 2.18. The summed E-state index contributed by atoms with van der Waals surface area (Å²) in [5, 5.41) is 14.8. The number of ketones is 1. The van der Waals surface area contributed by atoms with E-state index < -0.39 is 23.1 Å². The van der Waals surface area contributed by atoms with E-state index in [1.165, 1.54) is 11.8 Å². The lowest BCUT2D eigenvalue weighted by atomic mass is 9.98. The Bertz CT molecular complexity index is 1080. The summed E-state index contributed by atoms with van der Waals surface area (Å²) < 4.78 is 6.57. The van der Waals surface area contributed by atoms with Crippen molar-refractivity contribution in [1.29, 1.82) is 5.26 Å². The van der Waals surface area contributed by atoms with Gasteiger partial charge in [0.2, 0.25) is 5.92 Å². The smallest absolute Gasteiger partial charge is 0.331 e. The number of likely N-dealkylation sites (N-methyl/N-ethyl adjacent to an activating group) is 1. The maximum Gasteiger partial charge on any atom is 0.331 e. The molecule has 1 aromatic heterocycles. The second-order valence-corrected chi connectivity index (χ2v) is 6.65. The molecule has 8 nitrogen and oxygen atoms in total. The van der Waals surface area contributed by atoms with Crippen molar-refractivity contribution in [2.24, 2.45) is 5.92 Å². The van der Waals surface area contributed by atoms with Gasteiger partial charge in [-0.1, -0.05) is 18.2 Å². The zero-order valence-electron chi connectivity index (χ0n) is 16.3. The molecule has 1 aromatic carbocycles. The van der Waals surface area contributed by atoms with Crippen molar-refractivity contribution in [3.8, 4) is 6.07 Å². The molecule has 1 atom stereocenters. The first-order chi connectivity index (χ1) is 14.0. The molecule has 2 heterocycles. The number of carbonyl (C=O) groups is 2. The van der Waals surface area contributed by atoms with Crippen LogP contribution in [0.4, 0.5) is 0 Å². The minimum Gasteiger partial charge on any atom is -0.465 e. The van der Waals surface area contributed by atoms with E-state index in [9.17, 15) is 19.6 Å². The number of ether oxygens (including phenoxy) is 1. The second-order valence-electron chi connectivity index (χ2n) is 6.65. The minimum atomic E-state index is -1.67. The van der Waals surface area contributed by atoms with Crippen molar-refractivity contribution in [2.75, 3.05) is 38.3 Å². The van der Waals surface area contributed by atoms with Gasteiger partial charge in [-0.15, -0.1) is 0 Å². The summed E-state index contributed by atoms with van der Waals surface area (Å²) in [6.07, 6.45) is 3.51. The fourth-order valence-corrected chi connectivity index (χ4v) is 3.39. The summed E-state index contributed by atoms with van der Waals surface area (Å²) in [5.41, 5.74) is 1.13. The number of para-hydroxylation sites is 1. The van der Waals surface area contributed by atoms with Gasteiger partial charge in [-0.25, -0.2) is 0 Å². The normalized spacial score (nSPS) is 14.4. The Morgan fingerprint density at radius 1 is 1.34 bits per heavy atom. The number of nitrogens with zero attached hydrogens (tertiary/aromatic N) is 3. The Labute approximate surface area is 167 Å². The Hall–Kier alpha value is -3.44. The quantitative estimate of drug-likeness (QED) is 0.323. The van der Waals surface area contributed by atoms with Crippen molar-refractivity contribution < 1.29 is 14.3 Å². The van der Waals surface area contributed by atoms with Crippen LogP contribution in [-0.2, 0) is 9.53 Å². The van der Waals surface area contributed by atoms with Crippen molar-refractivity contribution in [1.82, 2.24) is 9.99 Å². The molecule has 1 unspecified atom stereocenters. The lowest BCUT2D eigenvalue weighted by Crippen LogP contribution is -2.37. The Balaban J connectivity index is 2.09. The minimum absolute atomic E-state index is 0.0416. The summed E-state index contributed by atoms with van der Waals surface area (Å²) in [4.78, 5) is 37.9. The summed E-state index contributed by atoms with van der Waals surface area (Å²) >= 11 is 0. The first-order valence-electron chi connectivity index (χ1n) is 9.34. The van der Waals surface area contributed by atoms with Gasteiger partial charge in [0.05, 0.1) is 36.8 Å². The first-order valence-corrected chi connectivity index (χ1v) is 9.34. The van der Waals surface area contributed by atoms with Crippen LogP contribution < -0.4 is 15.8 Å². The Kier molecular flexibility index (Phi) is 6.10. The highest BCUT2D eigenvalue weighted by atomic mass is 16.5. The van der Waals surface area contributed by atoms with Gasteiger partial charge in [-0.3, -0.25) is 19.1 Å². The van der Waals surface area contributed by atoms with Crippen LogP contribution in [0, 0.1) is 17.2 Å². The van der Waals surface area contributed by atoms with Gasteiger partial charge < -0.3 is 15.1 Å². The number of aromatic nitrogens is 1. The number of rotatable bonds is 7. The second kappa shape index (κ2) is 8.71. The van der Waals surface area contributed by atoms with Gasteiger partial charge in [0.25, 0.3) is 0 Å². The third kappa shape index (κ3) is 3.91. The number of carbonyl (C=O) groups excluding carboxylic acids is 2. The molecule has 0 amide bonds. The lowest BCUT2D eigenvalue weighted by Gasteiger charge is -2.25. The molecule has 0 saturated heterocycles. The maximum atomic E-state index is 13.0. The van der Waals surface area contributed by atoms with E-state index in [4.69, 9.17) is 4.74 Å². The summed E-state index contributed by atoms with van der Waals surface area (Å²) in [7, 11) is 1.87. The molecule has 150 valence electrons. The summed E-state index contributed by atoms with van der Waals surface area (Å²) in [6, 6.07) is 8.63. The van der Waals surface area contributed by atoms with Gasteiger partial charge in [-0.2, -0.15) is 5.26 Å². The molecular weight excluding hydrogens is 372 g/mol. The van der Waals surface area contributed by atoms with Crippen molar-refractivity contribution in [3.05, 3.63) is 57.9 Å². The van der Waals surface area contributed by atoms with E-state index in [1.54, 1.807) is 35.9 Å². The van der Waals surface area contributed by atoms with E-state index in [0.717, 1.165) is 6.54 Å². The van der Waals surface area contributed by atoms with Crippen LogP contribution in [0.15, 0.2) is 46.9 Å². The molecule has 0 spiro atoms. The molecule has 1 aliphatic heterocycles. The number of hydrogen-bond donors (Lipinski definition) is 1. The SMILES string of the molecule is CCOC(=O)C(C#N)C(=O)c1cn(N2CC=C(CNC)C2)c2ccccc2c1=O. The van der Waals surface area contributed by atoms with Gasteiger partial charge in [0.15, 0.2) is 11.2 Å². The Morgan fingerprint density at radius 2 is 2.10 bits per heavy atom. The molecule has 0 radical (unpaired) electrons. The average molecular weight is 394 g/mol. The number of esters is 1. The summed E-state index contributed by atoms with van der Waals surface area (Å²) in [6.45, 7) is 3.60. The molecule has 0 aliphatic carbocycles. The van der Waals surface area contributed by atoms with E-state index >= 15 is 0 Å². The number of pyridine rings is 1. The van der Waals surface area contributed by atoms with Crippen LogP contribution in [0.3, 0.4) is 0 Å². The van der Waals surface area contributed by atoms with Crippen LogP contribution in [0.25, 0.3) is 10.9 Å². The molecule has 3 rings (SSSR count). The molecule has 1 aliphatic rings. The van der Waals surface area contributed by atoms with Crippen LogP contribution in [0.5, 0.6) is 0 Å². The van der Waals surface area contributed by atoms with Gasteiger partial charge in [0.1, 0.15) is 0 Å². The molecule has 0 saturated carbocycles. The summed E-state index contributed by atoms with van der Waals surface area (Å²) in [5.74, 6) is -3.47. The molecular formula is C21H22N4O4. The third-order valence-corrected chi connectivity index (χ3v) is 4.76. The molecule has 0 fully saturated rings. The van der Waals surface area contributed by atoms with Crippen molar-refractivity contribution >= 4 is 22.7 Å². The van der Waals surface area contributed by atoms with Crippen LogP contribution in [0.2, 0.25) is 0 Å². The molecule has 1 N–H and O–H groups in total. The topological polar surface area (TPSA) is 104 Å². The highest BCUT2D eigenvalue weighted by molar-refractivity contribution is 6.11. The van der Waals surface area contributed by atoms with E-state index in [1.807, 2.05) is 18.1 Å². The van der Waals surface area contributed by atoms with Gasteiger partial charge in [-0.05, 0) is 31.7 Å². The van der Waals surface area contributed by atoms with Crippen molar-refractivity contribution in [3.63, 3.8) is 0 Å². The first kappa shape index (κ1) is 20.3. The largest absolute Gasteiger partial charge is 0.465 e. The standard InChI is InChI=1S/C21H22N4O4/c1-3-29-21(28)16(10-22)20(27)17-13-25(24-9-8-14(12-24)11-23-2)18-7-5-4-6-15(18)19(17)26/h4-8,13,16,23H,3,9,11-12H2,1-2H3. The van der Waals surface area contributed by atoms with Crippen molar-refractivity contribution in [2.45, 2.75) is 6.92 Å². The zero-order valence-corrected chi connectivity index (χ0v) is 16.3. The van der Waals surface area contributed by atoms with Gasteiger partial charge in [0, 0.05) is 18.1 Å². The van der Waals surface area contributed by atoms with E-state index in [0.29, 0.717) is 24.0 Å². The van der Waals surface area contributed by atoms with Crippen LogP contribution in [0.1, 0.15) is 17.3 Å². The Morgan fingerprint density at radius 3 is 2.79 bits per heavy atom. The van der Waals surface area contributed by atoms with E-state index in [2.05, 4.69) is 11.4 Å². The number of Topliss-reactive ketones (excluding diaryl/α,β-unsaturated/α-hetero) is 1. The molecule has 2 aromatic rings. The van der Waals surface area contributed by atoms with Crippen LogP contribution in [-0.4, -0.2) is 49.7 Å². The number of hydrogen-bond acceptors (Lipinski definition) is 7. The number of fused-ring (bicyclic) bond motifs is 1. The molecule has 8 heteroatoms. The highest BCUT2D eigenvalue weighted by Gasteiger charge is 2.32. The van der Waals surface area contributed by atoms with Crippen LogP contribution >= 0.6 is 0 Å². The predicted molar refractivity (Wildman–Crippen MR) is 108 cm³/mol. The van der Waals surface area contributed by atoms with Gasteiger partial charge >= 0.3 is 5.97 Å². The lowest BCUT2D eigenvalue weighted by molar-refractivity contribution is -0.144. The number of nitriles is 1. The fourth-order valence-electron chi connectivity index (χ4n) is 3.39. The molecule has 0 bridgehead atoms. The zero-order chi connectivity index (χ0) is 21.0. The molecule has 29 heavy (non-hydrogen) atoms. The predicted octanol–water partition coefficient (Wildman–Crippen LogP) is 0.984. The third-order valence-electron chi connectivity index (χ3n) is 4.76. The maximum absolute atomic E-state index is 13.0.